The number of methoxy groups -OCH3 is 1. The molecule has 1 aliphatic rings. The van der Waals surface area contributed by atoms with Crippen molar-refractivity contribution in [3.05, 3.63) is 69.5 Å². The SMILES string of the molecule is CCN1CCC[C@H]1CN(Cc1cc2ccc(C)c(C)c2[nH]c1=O)C(=S)Nc1cccc(OC)c1. The van der Waals surface area contributed by atoms with Gasteiger partial charge in [-0.1, -0.05) is 25.1 Å². The number of fused-ring (bicyclic) bond motifs is 1. The second-order valence-electron chi connectivity index (χ2n) is 9.06. The van der Waals surface area contributed by atoms with Gasteiger partial charge in [-0.3, -0.25) is 9.69 Å². The van der Waals surface area contributed by atoms with E-state index in [0.29, 0.717) is 23.3 Å². The van der Waals surface area contributed by atoms with E-state index in [1.165, 1.54) is 12.0 Å². The summed E-state index contributed by atoms with van der Waals surface area (Å²) in [5.41, 5.74) is 4.71. The smallest absolute Gasteiger partial charge is 0.253 e. The standard InChI is InChI=1S/C27H34N4O2S/c1-5-30-13-7-9-23(30)17-31(27(34)28-22-8-6-10-24(15-22)33-4)16-21-14-20-12-11-18(2)19(3)25(20)29-26(21)32/h6,8,10-12,14-15,23H,5,7,9,13,16-17H2,1-4H3,(H,28,34)(H,29,32)/t23-/m0/s1. The van der Waals surface area contributed by atoms with E-state index in [2.05, 4.69) is 46.1 Å². The first-order valence-electron chi connectivity index (χ1n) is 12.0. The number of hydrogen-bond acceptors (Lipinski definition) is 4. The van der Waals surface area contributed by atoms with Crippen molar-refractivity contribution in [3.63, 3.8) is 0 Å². The zero-order valence-electron chi connectivity index (χ0n) is 20.5. The lowest BCUT2D eigenvalue weighted by molar-refractivity contribution is 0.221. The van der Waals surface area contributed by atoms with E-state index >= 15 is 0 Å². The van der Waals surface area contributed by atoms with Gasteiger partial charge in [0.25, 0.3) is 5.56 Å². The molecule has 0 spiro atoms. The minimum atomic E-state index is -0.0610. The Bertz CT molecular complexity index is 1240. The number of nitrogens with zero attached hydrogens (tertiary/aromatic N) is 2. The Morgan fingerprint density at radius 2 is 2.09 bits per heavy atom. The van der Waals surface area contributed by atoms with Gasteiger partial charge in [0.2, 0.25) is 0 Å². The van der Waals surface area contributed by atoms with Crippen molar-refractivity contribution in [2.75, 3.05) is 32.1 Å². The van der Waals surface area contributed by atoms with Crippen LogP contribution in [0.3, 0.4) is 0 Å². The number of rotatable bonds is 7. The van der Waals surface area contributed by atoms with Gasteiger partial charge in [-0.15, -0.1) is 0 Å². The minimum absolute atomic E-state index is 0.0610. The van der Waals surface area contributed by atoms with Gasteiger partial charge in [0.15, 0.2) is 5.11 Å². The molecule has 2 heterocycles. The fourth-order valence-electron chi connectivity index (χ4n) is 4.79. The number of aromatic nitrogens is 1. The molecule has 3 aromatic rings. The van der Waals surface area contributed by atoms with Crippen molar-refractivity contribution in [2.24, 2.45) is 0 Å². The van der Waals surface area contributed by atoms with Gasteiger partial charge in [0.05, 0.1) is 19.2 Å². The quantitative estimate of drug-likeness (QED) is 0.474. The molecule has 180 valence electrons. The lowest BCUT2D eigenvalue weighted by atomic mass is 10.0. The van der Waals surface area contributed by atoms with E-state index in [-0.39, 0.29) is 5.56 Å². The molecule has 1 aromatic heterocycles. The fraction of sp³-hybridized carbons (Fsp3) is 0.407. The van der Waals surface area contributed by atoms with Crippen LogP contribution in [0, 0.1) is 13.8 Å². The number of likely N-dealkylation sites (N-methyl/N-ethyl adjacent to an activating group) is 1. The Labute approximate surface area is 206 Å². The molecule has 4 rings (SSSR count). The van der Waals surface area contributed by atoms with Crippen molar-refractivity contribution >= 4 is 33.9 Å². The van der Waals surface area contributed by atoms with Crippen molar-refractivity contribution in [1.82, 2.24) is 14.8 Å². The number of nitrogens with one attached hydrogen (secondary N) is 2. The molecule has 0 radical (unpaired) electrons. The van der Waals surface area contributed by atoms with Gasteiger partial charge >= 0.3 is 0 Å². The number of aryl methyl sites for hydroxylation is 2. The molecule has 0 aliphatic carbocycles. The highest BCUT2D eigenvalue weighted by atomic mass is 32.1. The predicted octanol–water partition coefficient (Wildman–Crippen LogP) is 4.84. The lowest BCUT2D eigenvalue weighted by Gasteiger charge is -2.32. The average molecular weight is 479 g/mol. The van der Waals surface area contributed by atoms with Gasteiger partial charge in [-0.2, -0.15) is 0 Å². The number of hydrogen-bond donors (Lipinski definition) is 2. The maximum absolute atomic E-state index is 13.1. The highest BCUT2D eigenvalue weighted by Crippen LogP contribution is 2.23. The van der Waals surface area contributed by atoms with E-state index < -0.39 is 0 Å². The molecule has 0 unspecified atom stereocenters. The molecule has 2 N–H and O–H groups in total. The highest BCUT2D eigenvalue weighted by Gasteiger charge is 2.27. The van der Waals surface area contributed by atoms with Crippen LogP contribution in [0.25, 0.3) is 10.9 Å². The normalized spacial score (nSPS) is 16.1. The van der Waals surface area contributed by atoms with Crippen LogP contribution in [0.15, 0.2) is 47.3 Å². The minimum Gasteiger partial charge on any atom is -0.497 e. The summed E-state index contributed by atoms with van der Waals surface area (Å²) in [7, 11) is 1.65. The molecule has 1 fully saturated rings. The van der Waals surface area contributed by atoms with Crippen LogP contribution in [0.1, 0.15) is 36.5 Å². The van der Waals surface area contributed by atoms with Gasteiger partial charge < -0.3 is 19.9 Å². The molecule has 2 aromatic carbocycles. The van der Waals surface area contributed by atoms with Crippen molar-refractivity contribution in [2.45, 2.75) is 46.2 Å². The Balaban J connectivity index is 1.63. The van der Waals surface area contributed by atoms with Crippen molar-refractivity contribution in [1.29, 1.82) is 0 Å². The van der Waals surface area contributed by atoms with Crippen LogP contribution in [0.4, 0.5) is 5.69 Å². The molecule has 6 nitrogen and oxygen atoms in total. The van der Waals surface area contributed by atoms with E-state index in [1.807, 2.05) is 37.3 Å². The van der Waals surface area contributed by atoms with Crippen LogP contribution >= 0.6 is 12.2 Å². The number of H-pyrrole nitrogens is 1. The van der Waals surface area contributed by atoms with Gasteiger partial charge in [-0.05, 0) is 86.7 Å². The summed E-state index contributed by atoms with van der Waals surface area (Å²) in [6.07, 6.45) is 2.33. The third kappa shape index (κ3) is 5.26. The van der Waals surface area contributed by atoms with E-state index in [0.717, 1.165) is 54.0 Å². The average Bonchev–Trinajstić information content (AvgIpc) is 3.29. The monoisotopic (exact) mass is 478 g/mol. The lowest BCUT2D eigenvalue weighted by Crippen LogP contribution is -2.44. The van der Waals surface area contributed by atoms with E-state index in [1.54, 1.807) is 7.11 Å². The molecule has 34 heavy (non-hydrogen) atoms. The second-order valence-corrected chi connectivity index (χ2v) is 9.45. The number of benzene rings is 2. The molecular formula is C27H34N4O2S. The van der Waals surface area contributed by atoms with E-state index in [9.17, 15) is 4.79 Å². The van der Waals surface area contributed by atoms with Crippen molar-refractivity contribution in [3.8, 4) is 5.75 Å². The van der Waals surface area contributed by atoms with Gasteiger partial charge in [0, 0.05) is 29.9 Å². The first kappa shape index (κ1) is 24.2. The number of pyridine rings is 1. The summed E-state index contributed by atoms with van der Waals surface area (Å²) in [5, 5.41) is 5.01. The first-order chi connectivity index (χ1) is 16.4. The molecule has 0 saturated carbocycles. The number of ether oxygens (including phenoxy) is 1. The molecule has 1 aliphatic heterocycles. The molecule has 1 saturated heterocycles. The zero-order chi connectivity index (χ0) is 24.2. The van der Waals surface area contributed by atoms with E-state index in [4.69, 9.17) is 17.0 Å². The molecule has 0 bridgehead atoms. The summed E-state index contributed by atoms with van der Waals surface area (Å²) in [6, 6.07) is 14.3. The van der Waals surface area contributed by atoms with Crippen LogP contribution in [0.2, 0.25) is 0 Å². The summed E-state index contributed by atoms with van der Waals surface area (Å²) in [5.74, 6) is 0.768. The maximum Gasteiger partial charge on any atom is 0.253 e. The van der Waals surface area contributed by atoms with Crippen LogP contribution in [-0.2, 0) is 6.54 Å². The number of likely N-dealkylation sites (tertiary alicyclic amines) is 1. The highest BCUT2D eigenvalue weighted by molar-refractivity contribution is 7.80. The molecule has 7 heteroatoms. The predicted molar refractivity (Wildman–Crippen MR) is 144 cm³/mol. The molecule has 1 atom stereocenters. The number of thiocarbonyl (C=S) groups is 1. The first-order valence-corrected chi connectivity index (χ1v) is 12.4. The Morgan fingerprint density at radius 3 is 2.85 bits per heavy atom. The number of aromatic amines is 1. The third-order valence-corrected chi connectivity index (χ3v) is 7.29. The summed E-state index contributed by atoms with van der Waals surface area (Å²) in [6.45, 7) is 9.66. The summed E-state index contributed by atoms with van der Waals surface area (Å²) in [4.78, 5) is 20.8. The third-order valence-electron chi connectivity index (χ3n) is 6.93. The van der Waals surface area contributed by atoms with Crippen LogP contribution in [-0.4, -0.2) is 52.7 Å². The second kappa shape index (κ2) is 10.6. The molecular weight excluding hydrogens is 444 g/mol. The fourth-order valence-corrected chi connectivity index (χ4v) is 5.05. The van der Waals surface area contributed by atoms with Crippen molar-refractivity contribution < 1.29 is 4.74 Å². The summed E-state index contributed by atoms with van der Waals surface area (Å²) >= 11 is 5.87. The topological polar surface area (TPSA) is 60.6 Å². The Hall–Kier alpha value is -2.90. The van der Waals surface area contributed by atoms with Crippen LogP contribution < -0.4 is 15.6 Å². The summed E-state index contributed by atoms with van der Waals surface area (Å²) < 4.78 is 5.35. The zero-order valence-corrected chi connectivity index (χ0v) is 21.3. The largest absolute Gasteiger partial charge is 0.497 e. The van der Waals surface area contributed by atoms with Crippen LogP contribution in [0.5, 0.6) is 5.75 Å². The Morgan fingerprint density at radius 1 is 1.26 bits per heavy atom. The maximum atomic E-state index is 13.1. The van der Waals surface area contributed by atoms with Gasteiger partial charge in [0.1, 0.15) is 5.75 Å². The van der Waals surface area contributed by atoms with Gasteiger partial charge in [-0.25, -0.2) is 0 Å². The Kier molecular flexibility index (Phi) is 7.54. The molecule has 0 amide bonds. The number of anilines is 1.